The number of hydrogen-bond acceptors (Lipinski definition) is 0. The summed E-state index contributed by atoms with van der Waals surface area (Å²) in [6, 6.07) is 36.3. The van der Waals surface area contributed by atoms with Gasteiger partial charge in [0, 0.05) is 11.9 Å². The molecule has 0 saturated carbocycles. The van der Waals surface area contributed by atoms with Crippen molar-refractivity contribution in [1.82, 2.24) is 4.57 Å². The minimum atomic E-state index is 0. The summed E-state index contributed by atoms with van der Waals surface area (Å²) in [5, 5.41) is 6.58. The molecule has 5 aromatic carbocycles. The predicted octanol–water partition coefficient (Wildman–Crippen LogP) is 1.38. The smallest absolute Gasteiger partial charge is 1.00 e. The van der Waals surface area contributed by atoms with Gasteiger partial charge in [-0.15, -0.1) is 64.2 Å². The Morgan fingerprint density at radius 3 is 2.23 bits per heavy atom. The molecule has 152 valence electrons. The molecule has 0 fully saturated rings. The number of aryl methyl sites for hydroxylation is 1. The summed E-state index contributed by atoms with van der Waals surface area (Å²) in [7, 11) is 0. The van der Waals surface area contributed by atoms with Crippen LogP contribution in [0.5, 0.6) is 0 Å². The number of fused-ring (bicyclic) bond motifs is 3. The molecule has 0 atom stereocenters. The molecule has 0 bridgehead atoms. The zero-order valence-corrected chi connectivity index (χ0v) is 21.1. The molecule has 1 aromatic heterocycles. The zero-order chi connectivity index (χ0) is 18.9. The van der Waals surface area contributed by atoms with E-state index in [1.165, 1.54) is 43.7 Å². The molecule has 1 nitrogen and oxygen atoms in total. The van der Waals surface area contributed by atoms with Crippen LogP contribution in [0.1, 0.15) is 5.56 Å². The van der Waals surface area contributed by atoms with Crippen LogP contribution in [-0.2, 0) is 26.2 Å². The first-order chi connectivity index (χ1) is 13.8. The van der Waals surface area contributed by atoms with Crippen LogP contribution >= 0.6 is 0 Å². The molecule has 31 heavy (non-hydrogen) atoms. The molecule has 4 heteroatoms. The molecule has 1 heterocycles. The maximum absolute atomic E-state index is 2.27. The van der Waals surface area contributed by atoms with Gasteiger partial charge in [-0.3, -0.25) is 0 Å². The van der Waals surface area contributed by atoms with Gasteiger partial charge in [0.2, 0.25) is 0 Å². The van der Waals surface area contributed by atoms with Crippen molar-refractivity contribution in [3.8, 4) is 5.69 Å². The van der Waals surface area contributed by atoms with Crippen molar-refractivity contribution in [1.29, 1.82) is 0 Å². The van der Waals surface area contributed by atoms with Crippen LogP contribution in [0.15, 0.2) is 109 Å². The number of aromatic nitrogens is 1. The standard InChI is InChI=1S/C18H14N.C9H7.2ClH.Zr/c1-13-11-15-6-4-8-18(16(15)12-13)19-10-9-14-5-2-3-7-17(14)19;1-2-5-9-7-3-6-8(9)4-1;;;/h2-12H,1H3;1-7H;2*1H;/q2*-1;;;+4/p-2. The molecule has 0 radical (unpaired) electrons. The van der Waals surface area contributed by atoms with Crippen molar-refractivity contribution in [3.05, 3.63) is 115 Å². The summed E-state index contributed by atoms with van der Waals surface area (Å²) in [5.74, 6) is 0. The summed E-state index contributed by atoms with van der Waals surface area (Å²) in [5.41, 5.74) is 3.83. The van der Waals surface area contributed by atoms with E-state index in [9.17, 15) is 0 Å². The molecule has 0 amide bonds. The van der Waals surface area contributed by atoms with Crippen molar-refractivity contribution in [2.45, 2.75) is 6.92 Å². The number of para-hydroxylation sites is 1. The number of nitrogens with zero attached hydrogens (tertiary/aromatic N) is 1. The van der Waals surface area contributed by atoms with Gasteiger partial charge < -0.3 is 29.4 Å². The van der Waals surface area contributed by atoms with Crippen molar-refractivity contribution >= 4 is 32.4 Å². The second-order valence-electron chi connectivity index (χ2n) is 7.21. The Morgan fingerprint density at radius 1 is 0.710 bits per heavy atom. The van der Waals surface area contributed by atoms with Gasteiger partial charge in [0.25, 0.3) is 0 Å². The quantitative estimate of drug-likeness (QED) is 0.288. The maximum atomic E-state index is 2.27. The number of halogens is 2. The Labute approximate surface area is 214 Å². The van der Waals surface area contributed by atoms with E-state index in [2.05, 4.69) is 121 Å². The van der Waals surface area contributed by atoms with E-state index in [1.54, 1.807) is 0 Å². The maximum Gasteiger partial charge on any atom is 4.00 e. The van der Waals surface area contributed by atoms with E-state index in [-0.39, 0.29) is 51.0 Å². The Balaban J connectivity index is 0.000000244. The molecule has 0 saturated heterocycles. The molecule has 6 rings (SSSR count). The number of benzene rings is 3. The van der Waals surface area contributed by atoms with Crippen LogP contribution in [0.3, 0.4) is 0 Å². The number of hydrogen-bond donors (Lipinski definition) is 0. The van der Waals surface area contributed by atoms with Crippen molar-refractivity contribution in [2.75, 3.05) is 0 Å². The average molecular weight is 522 g/mol. The summed E-state index contributed by atoms with van der Waals surface area (Å²) < 4.78 is 2.27. The molecule has 0 aliphatic heterocycles. The number of rotatable bonds is 1. The average Bonchev–Trinajstić information content (AvgIpc) is 3.45. The summed E-state index contributed by atoms with van der Waals surface area (Å²) in [6.45, 7) is 2.15. The van der Waals surface area contributed by atoms with Gasteiger partial charge in [0.1, 0.15) is 0 Å². The molecule has 0 aliphatic rings. The Kier molecular flexibility index (Phi) is 8.89. The molecule has 6 aromatic rings. The van der Waals surface area contributed by atoms with E-state index in [1.807, 2.05) is 0 Å². The van der Waals surface area contributed by atoms with Gasteiger partial charge in [-0.2, -0.15) is 23.6 Å². The first kappa shape index (κ1) is 25.1. The molecular formula is C27H21Cl2NZr. The van der Waals surface area contributed by atoms with Crippen molar-refractivity contribution in [3.63, 3.8) is 0 Å². The van der Waals surface area contributed by atoms with E-state index in [0.29, 0.717) is 0 Å². The van der Waals surface area contributed by atoms with Gasteiger partial charge in [-0.1, -0.05) is 37.3 Å². The van der Waals surface area contributed by atoms with Crippen LogP contribution in [-0.4, -0.2) is 4.57 Å². The monoisotopic (exact) mass is 519 g/mol. The third-order valence-electron chi connectivity index (χ3n) is 5.28. The van der Waals surface area contributed by atoms with Crippen LogP contribution < -0.4 is 24.8 Å². The Morgan fingerprint density at radius 2 is 1.42 bits per heavy atom. The molecule has 0 unspecified atom stereocenters. The van der Waals surface area contributed by atoms with Gasteiger partial charge in [-0.25, -0.2) is 0 Å². The van der Waals surface area contributed by atoms with E-state index in [4.69, 9.17) is 0 Å². The van der Waals surface area contributed by atoms with Crippen LogP contribution in [0.25, 0.3) is 38.1 Å². The van der Waals surface area contributed by atoms with E-state index < -0.39 is 0 Å². The molecule has 0 aliphatic carbocycles. The molecule has 0 spiro atoms. The van der Waals surface area contributed by atoms with Crippen molar-refractivity contribution < 1.29 is 51.0 Å². The summed E-state index contributed by atoms with van der Waals surface area (Å²) in [6.07, 6.45) is 2.15. The third-order valence-corrected chi connectivity index (χ3v) is 5.28. The SMILES string of the molecule is Cc1cc2c(-n3ccc4ccccc43)cccc2[cH-]1.[Cl-].[Cl-].[Zr+4].c1ccc2[cH-]ccc2c1. The second-order valence-corrected chi connectivity index (χ2v) is 7.21. The molecule has 0 N–H and O–H groups in total. The fraction of sp³-hybridized carbons (Fsp3) is 0.0370. The van der Waals surface area contributed by atoms with E-state index in [0.717, 1.165) is 0 Å². The summed E-state index contributed by atoms with van der Waals surface area (Å²) >= 11 is 0. The first-order valence-corrected chi connectivity index (χ1v) is 9.62. The minimum absolute atomic E-state index is 0. The van der Waals surface area contributed by atoms with Crippen molar-refractivity contribution in [2.24, 2.45) is 0 Å². The summed E-state index contributed by atoms with van der Waals surface area (Å²) in [4.78, 5) is 0. The normalized spacial score (nSPS) is 9.97. The van der Waals surface area contributed by atoms with Gasteiger partial charge in [-0.05, 0) is 17.5 Å². The zero-order valence-electron chi connectivity index (χ0n) is 17.1. The molecular weight excluding hydrogens is 500 g/mol. The van der Waals surface area contributed by atoms with Gasteiger partial charge >= 0.3 is 26.2 Å². The van der Waals surface area contributed by atoms with Crippen LogP contribution in [0, 0.1) is 6.92 Å². The first-order valence-electron chi connectivity index (χ1n) is 9.62. The Bertz CT molecular complexity index is 1360. The van der Waals surface area contributed by atoms with Crippen LogP contribution in [0.2, 0.25) is 0 Å². The topological polar surface area (TPSA) is 4.93 Å². The fourth-order valence-corrected chi connectivity index (χ4v) is 3.94. The predicted molar refractivity (Wildman–Crippen MR) is 121 cm³/mol. The second kappa shape index (κ2) is 11.0. The van der Waals surface area contributed by atoms with Gasteiger partial charge in [0.15, 0.2) is 0 Å². The Hall–Kier alpha value is -2.12. The third kappa shape index (κ3) is 5.04. The largest absolute Gasteiger partial charge is 4.00 e. The van der Waals surface area contributed by atoms with Gasteiger partial charge in [0.05, 0.1) is 5.52 Å². The van der Waals surface area contributed by atoms with Crippen LogP contribution in [0.4, 0.5) is 0 Å². The minimum Gasteiger partial charge on any atom is -1.00 e. The fourth-order valence-electron chi connectivity index (χ4n) is 3.94. The van der Waals surface area contributed by atoms with E-state index >= 15 is 0 Å².